The zero-order valence-electron chi connectivity index (χ0n) is 9.11. The number of halogens is 3. The highest BCUT2D eigenvalue weighted by molar-refractivity contribution is 5.87. The molecule has 2 aromatic rings. The number of carbonyl (C=O) groups excluding carboxylic acids is 1. The molecule has 1 heterocycles. The molecule has 2 nitrogen and oxygen atoms in total. The molecule has 0 atom stereocenters. The summed E-state index contributed by atoms with van der Waals surface area (Å²) in [6.45, 7) is 0. The van der Waals surface area contributed by atoms with E-state index in [1.807, 2.05) is 0 Å². The van der Waals surface area contributed by atoms with Crippen LogP contribution in [-0.2, 0) is 6.18 Å². The summed E-state index contributed by atoms with van der Waals surface area (Å²) >= 11 is 0. The lowest BCUT2D eigenvalue weighted by Gasteiger charge is -2.07. The van der Waals surface area contributed by atoms with Crippen LogP contribution in [-0.4, -0.2) is 11.3 Å². The minimum atomic E-state index is -4.46. The molecule has 0 aliphatic rings. The van der Waals surface area contributed by atoms with Crippen molar-refractivity contribution in [3.8, 4) is 11.1 Å². The summed E-state index contributed by atoms with van der Waals surface area (Å²) in [7, 11) is 0. The quantitative estimate of drug-likeness (QED) is 0.763. The van der Waals surface area contributed by atoms with E-state index in [4.69, 9.17) is 0 Å². The van der Waals surface area contributed by atoms with Crippen molar-refractivity contribution in [2.75, 3.05) is 0 Å². The van der Waals surface area contributed by atoms with E-state index in [1.54, 1.807) is 24.3 Å². The summed E-state index contributed by atoms with van der Waals surface area (Å²) in [6.07, 6.45) is -2.68. The number of nitrogens with zero attached hydrogens (tertiary/aromatic N) is 1. The van der Waals surface area contributed by atoms with Crippen LogP contribution in [0.2, 0.25) is 0 Å². The van der Waals surface area contributed by atoms with Gasteiger partial charge >= 0.3 is 6.18 Å². The Kier molecular flexibility index (Phi) is 3.14. The highest BCUT2D eigenvalue weighted by Crippen LogP contribution is 2.29. The Labute approximate surface area is 101 Å². The number of rotatable bonds is 2. The molecule has 0 spiro atoms. The fourth-order valence-electron chi connectivity index (χ4n) is 1.58. The number of hydrogen-bond acceptors (Lipinski definition) is 2. The van der Waals surface area contributed by atoms with Crippen molar-refractivity contribution < 1.29 is 18.0 Å². The molecule has 0 saturated carbocycles. The van der Waals surface area contributed by atoms with Crippen LogP contribution in [0.15, 0.2) is 42.6 Å². The second kappa shape index (κ2) is 4.60. The van der Waals surface area contributed by atoms with Gasteiger partial charge in [-0.15, -0.1) is 0 Å². The van der Waals surface area contributed by atoms with Crippen molar-refractivity contribution in [3.63, 3.8) is 0 Å². The molecule has 0 N–H and O–H groups in total. The highest BCUT2D eigenvalue weighted by Gasteiger charge is 2.32. The third kappa shape index (κ3) is 2.40. The molecule has 1 aromatic heterocycles. The van der Waals surface area contributed by atoms with Crippen LogP contribution in [0.1, 0.15) is 16.1 Å². The van der Waals surface area contributed by atoms with Crippen LogP contribution in [0.25, 0.3) is 11.1 Å². The Hall–Kier alpha value is -2.17. The topological polar surface area (TPSA) is 30.0 Å². The first-order valence-electron chi connectivity index (χ1n) is 5.10. The number of aromatic nitrogens is 1. The van der Waals surface area contributed by atoms with Gasteiger partial charge in [-0.3, -0.25) is 9.78 Å². The SMILES string of the molecule is O=Cc1ccccc1-c1ccc(C(F)(F)F)nc1. The predicted molar refractivity (Wildman–Crippen MR) is 60.1 cm³/mol. The van der Waals surface area contributed by atoms with Crippen LogP contribution in [0.5, 0.6) is 0 Å². The second-order valence-corrected chi connectivity index (χ2v) is 3.63. The van der Waals surface area contributed by atoms with Crippen molar-refractivity contribution in [3.05, 3.63) is 53.9 Å². The van der Waals surface area contributed by atoms with Crippen molar-refractivity contribution in [1.82, 2.24) is 4.98 Å². The standard InChI is InChI=1S/C13H8F3NO/c14-13(15,16)12-6-5-9(7-17-12)11-4-2-1-3-10(11)8-18/h1-8H. The van der Waals surface area contributed by atoms with Gasteiger partial charge in [-0.1, -0.05) is 30.3 Å². The van der Waals surface area contributed by atoms with Gasteiger partial charge in [0.25, 0.3) is 0 Å². The fraction of sp³-hybridized carbons (Fsp3) is 0.0769. The monoisotopic (exact) mass is 251 g/mol. The van der Waals surface area contributed by atoms with Gasteiger partial charge in [0.2, 0.25) is 0 Å². The molecule has 0 bridgehead atoms. The van der Waals surface area contributed by atoms with Crippen LogP contribution < -0.4 is 0 Å². The Balaban J connectivity index is 2.44. The first-order chi connectivity index (χ1) is 8.52. The maximum Gasteiger partial charge on any atom is 0.433 e. The molecule has 0 aliphatic heterocycles. The number of alkyl halides is 3. The summed E-state index contributed by atoms with van der Waals surface area (Å²) in [5.41, 5.74) is 0.508. The lowest BCUT2D eigenvalue weighted by molar-refractivity contribution is -0.141. The molecule has 92 valence electrons. The maximum absolute atomic E-state index is 12.3. The largest absolute Gasteiger partial charge is 0.433 e. The van der Waals surface area contributed by atoms with E-state index in [0.29, 0.717) is 23.0 Å². The van der Waals surface area contributed by atoms with Crippen LogP contribution in [0.3, 0.4) is 0 Å². The smallest absolute Gasteiger partial charge is 0.298 e. The lowest BCUT2D eigenvalue weighted by Crippen LogP contribution is -2.07. The lowest BCUT2D eigenvalue weighted by atomic mass is 10.0. The van der Waals surface area contributed by atoms with Gasteiger partial charge in [0.15, 0.2) is 6.29 Å². The van der Waals surface area contributed by atoms with Crippen LogP contribution in [0.4, 0.5) is 13.2 Å². The van der Waals surface area contributed by atoms with E-state index in [2.05, 4.69) is 4.98 Å². The van der Waals surface area contributed by atoms with Crippen molar-refractivity contribution in [1.29, 1.82) is 0 Å². The summed E-state index contributed by atoms with van der Waals surface area (Å²) in [4.78, 5) is 14.2. The molecular formula is C13H8F3NO. The van der Waals surface area contributed by atoms with Gasteiger partial charge in [0.05, 0.1) is 0 Å². The summed E-state index contributed by atoms with van der Waals surface area (Å²) < 4.78 is 37.0. The predicted octanol–water partition coefficient (Wildman–Crippen LogP) is 3.58. The first kappa shape index (κ1) is 12.3. The normalized spacial score (nSPS) is 11.3. The van der Waals surface area contributed by atoms with Crippen molar-refractivity contribution >= 4 is 6.29 Å². The average Bonchev–Trinajstić information content (AvgIpc) is 2.38. The third-order valence-electron chi connectivity index (χ3n) is 2.45. The fourth-order valence-corrected chi connectivity index (χ4v) is 1.58. The number of aldehydes is 1. The van der Waals surface area contributed by atoms with Crippen LogP contribution >= 0.6 is 0 Å². The molecule has 18 heavy (non-hydrogen) atoms. The Bertz CT molecular complexity index is 561. The summed E-state index contributed by atoms with van der Waals surface area (Å²) in [5.74, 6) is 0. The van der Waals surface area contributed by atoms with Gasteiger partial charge in [-0.2, -0.15) is 13.2 Å². The number of benzene rings is 1. The summed E-state index contributed by atoms with van der Waals surface area (Å²) in [5, 5.41) is 0. The van der Waals surface area contributed by atoms with Gasteiger partial charge in [0.1, 0.15) is 5.69 Å². The molecular weight excluding hydrogens is 243 g/mol. The van der Waals surface area contributed by atoms with Crippen LogP contribution in [0, 0.1) is 0 Å². The van der Waals surface area contributed by atoms with Crippen molar-refractivity contribution in [2.45, 2.75) is 6.18 Å². The molecule has 5 heteroatoms. The molecule has 1 aromatic carbocycles. The average molecular weight is 251 g/mol. The molecule has 2 rings (SSSR count). The first-order valence-corrected chi connectivity index (χ1v) is 5.10. The molecule has 0 amide bonds. The summed E-state index contributed by atoms with van der Waals surface area (Å²) in [6, 6.07) is 8.85. The molecule has 0 unspecified atom stereocenters. The second-order valence-electron chi connectivity index (χ2n) is 3.63. The molecule has 0 aliphatic carbocycles. The molecule has 0 fully saturated rings. The van der Waals surface area contributed by atoms with Gasteiger partial charge in [-0.25, -0.2) is 0 Å². The zero-order valence-corrected chi connectivity index (χ0v) is 9.11. The molecule has 0 saturated heterocycles. The Morgan fingerprint density at radius 1 is 1.06 bits per heavy atom. The number of pyridine rings is 1. The number of carbonyl (C=O) groups is 1. The Morgan fingerprint density at radius 2 is 1.78 bits per heavy atom. The highest BCUT2D eigenvalue weighted by atomic mass is 19.4. The van der Waals surface area contributed by atoms with E-state index < -0.39 is 11.9 Å². The third-order valence-corrected chi connectivity index (χ3v) is 2.45. The van der Waals surface area contributed by atoms with Crippen molar-refractivity contribution in [2.24, 2.45) is 0 Å². The Morgan fingerprint density at radius 3 is 2.33 bits per heavy atom. The van der Waals surface area contributed by atoms with E-state index in [1.165, 1.54) is 6.07 Å². The van der Waals surface area contributed by atoms with Gasteiger partial charge < -0.3 is 0 Å². The van der Waals surface area contributed by atoms with E-state index in [-0.39, 0.29) is 0 Å². The zero-order chi connectivity index (χ0) is 13.2. The number of hydrogen-bond donors (Lipinski definition) is 0. The minimum Gasteiger partial charge on any atom is -0.298 e. The maximum atomic E-state index is 12.3. The van der Waals surface area contributed by atoms with E-state index in [9.17, 15) is 18.0 Å². The molecule has 0 radical (unpaired) electrons. The van der Waals surface area contributed by atoms with Gasteiger partial charge in [0, 0.05) is 17.3 Å². The van der Waals surface area contributed by atoms with Gasteiger partial charge in [-0.05, 0) is 11.6 Å². The van der Waals surface area contributed by atoms with E-state index in [0.717, 1.165) is 12.3 Å². The minimum absolute atomic E-state index is 0.416. The van der Waals surface area contributed by atoms with E-state index >= 15 is 0 Å².